The van der Waals surface area contributed by atoms with E-state index in [2.05, 4.69) is 42.1 Å². The van der Waals surface area contributed by atoms with Crippen LogP contribution >= 0.6 is 11.8 Å². The molecule has 0 unspecified atom stereocenters. The van der Waals surface area contributed by atoms with E-state index in [4.69, 9.17) is 4.42 Å². The zero-order valence-electron chi connectivity index (χ0n) is 16.1. The summed E-state index contributed by atoms with van der Waals surface area (Å²) >= 11 is 1.03. The van der Waals surface area contributed by atoms with Crippen LogP contribution in [0.1, 0.15) is 45.8 Å². The number of thioether (sulfide) groups is 1. The van der Waals surface area contributed by atoms with E-state index in [0.717, 1.165) is 36.6 Å². The summed E-state index contributed by atoms with van der Waals surface area (Å²) in [6, 6.07) is 1.79. The molecule has 0 aliphatic heterocycles. The summed E-state index contributed by atoms with van der Waals surface area (Å²) in [6.45, 7) is 8.22. The monoisotopic (exact) mass is 389 g/mol. The predicted molar refractivity (Wildman–Crippen MR) is 105 cm³/mol. The van der Waals surface area contributed by atoms with Gasteiger partial charge in [0.1, 0.15) is 5.76 Å². The molecule has 0 fully saturated rings. The van der Waals surface area contributed by atoms with Crippen molar-refractivity contribution in [1.82, 2.24) is 14.9 Å². The third-order valence-corrected chi connectivity index (χ3v) is 4.84. The van der Waals surface area contributed by atoms with Crippen molar-refractivity contribution in [3.05, 3.63) is 29.7 Å². The first kappa shape index (κ1) is 21.0. The van der Waals surface area contributed by atoms with E-state index < -0.39 is 5.97 Å². The fourth-order valence-electron chi connectivity index (χ4n) is 2.45. The second-order valence-corrected chi connectivity index (χ2v) is 7.61. The molecule has 7 nitrogen and oxygen atoms in total. The molecule has 2 rings (SSSR count). The van der Waals surface area contributed by atoms with Crippen molar-refractivity contribution in [2.45, 2.75) is 52.1 Å². The molecule has 146 valence electrons. The highest BCUT2D eigenvalue weighted by atomic mass is 32.2. The smallest absolute Gasteiger partial charge is 0.212 e. The molecule has 0 amide bonds. The quantitative estimate of drug-likeness (QED) is 0.351. The zero-order chi connectivity index (χ0) is 19.8. The molecule has 2 heterocycles. The van der Waals surface area contributed by atoms with Crippen LogP contribution in [0.5, 0.6) is 0 Å². The predicted octanol–water partition coefficient (Wildman–Crippen LogP) is 3.30. The first-order chi connectivity index (χ1) is 12.9. The Morgan fingerprint density at radius 1 is 1.44 bits per heavy atom. The van der Waals surface area contributed by atoms with Crippen molar-refractivity contribution in [3.63, 3.8) is 0 Å². The summed E-state index contributed by atoms with van der Waals surface area (Å²) in [7, 11) is 0. The summed E-state index contributed by atoms with van der Waals surface area (Å²) in [4.78, 5) is 10.8. The minimum absolute atomic E-state index is 0.211. The van der Waals surface area contributed by atoms with Crippen LogP contribution in [-0.4, -0.2) is 32.8 Å². The second kappa shape index (κ2) is 10.1. The maximum atomic E-state index is 10.8. The van der Waals surface area contributed by atoms with E-state index >= 15 is 0 Å². The lowest BCUT2D eigenvalue weighted by Crippen LogP contribution is -2.24. The number of aryl methyl sites for hydroxylation is 1. The third-order valence-electron chi connectivity index (χ3n) is 3.95. The average molecular weight is 390 g/mol. The highest BCUT2D eigenvalue weighted by Crippen LogP contribution is 2.26. The van der Waals surface area contributed by atoms with Crippen LogP contribution < -0.4 is 5.11 Å². The van der Waals surface area contributed by atoms with Crippen molar-refractivity contribution in [2.75, 3.05) is 5.75 Å². The number of aliphatic carboxylic acids is 1. The number of hydrogen-bond acceptors (Lipinski definition) is 7. The van der Waals surface area contributed by atoms with Crippen LogP contribution in [0.3, 0.4) is 0 Å². The van der Waals surface area contributed by atoms with Gasteiger partial charge in [0.2, 0.25) is 5.16 Å². The van der Waals surface area contributed by atoms with E-state index in [0.29, 0.717) is 22.7 Å². The fraction of sp³-hybridized carbons (Fsp3) is 0.474. The highest BCUT2D eigenvalue weighted by Gasteiger charge is 2.17. The van der Waals surface area contributed by atoms with E-state index in [1.54, 1.807) is 17.0 Å². The minimum Gasteiger partial charge on any atom is -0.549 e. The number of carboxylic acids is 1. The SMILES string of the molecule is CC(C)=CCC[C@@H](C)C/C=N\n1c(SCC(=O)[O-])nnc1-c1ccoc1C. The lowest BCUT2D eigenvalue weighted by Gasteiger charge is -2.07. The van der Waals surface area contributed by atoms with Gasteiger partial charge in [0.05, 0.1) is 17.8 Å². The summed E-state index contributed by atoms with van der Waals surface area (Å²) in [5, 5.41) is 23.9. The number of allylic oxidation sites excluding steroid dienone is 2. The Morgan fingerprint density at radius 2 is 2.22 bits per heavy atom. The van der Waals surface area contributed by atoms with E-state index in [9.17, 15) is 9.90 Å². The van der Waals surface area contributed by atoms with Crippen LogP contribution in [0.4, 0.5) is 0 Å². The van der Waals surface area contributed by atoms with Gasteiger partial charge in [0.15, 0.2) is 5.82 Å². The number of carbonyl (C=O) groups excluding carboxylic acids is 1. The van der Waals surface area contributed by atoms with Gasteiger partial charge >= 0.3 is 0 Å². The van der Waals surface area contributed by atoms with Crippen molar-refractivity contribution in [3.8, 4) is 11.4 Å². The molecule has 0 saturated heterocycles. The van der Waals surface area contributed by atoms with Crippen molar-refractivity contribution in [1.29, 1.82) is 0 Å². The first-order valence-corrected chi connectivity index (χ1v) is 9.85. The Balaban J connectivity index is 2.14. The number of furan rings is 1. The lowest BCUT2D eigenvalue weighted by atomic mass is 10.0. The summed E-state index contributed by atoms with van der Waals surface area (Å²) in [6.07, 6.45) is 8.59. The molecule has 27 heavy (non-hydrogen) atoms. The molecule has 0 saturated carbocycles. The zero-order valence-corrected chi connectivity index (χ0v) is 17.0. The largest absolute Gasteiger partial charge is 0.549 e. The summed E-state index contributed by atoms with van der Waals surface area (Å²) in [5.41, 5.74) is 2.10. The van der Waals surface area contributed by atoms with Gasteiger partial charge in [-0.05, 0) is 52.0 Å². The standard InChI is InChI=1S/C19H26N4O3S/c1-13(2)6-5-7-14(3)8-10-20-23-18(16-9-11-26-15(16)4)21-22-19(23)27-12-17(24)25/h6,9-11,14H,5,7-8,12H2,1-4H3,(H,24,25)/p-1/b20-10-/t14-/m1/s1. The second-order valence-electron chi connectivity index (χ2n) is 6.67. The van der Waals surface area contributed by atoms with Gasteiger partial charge in [-0.15, -0.1) is 10.2 Å². The van der Waals surface area contributed by atoms with Crippen LogP contribution in [0.15, 0.2) is 38.7 Å². The Hall–Kier alpha value is -2.35. The molecule has 0 radical (unpaired) electrons. The molecule has 0 N–H and O–H groups in total. The Kier molecular flexibility index (Phi) is 7.84. The lowest BCUT2D eigenvalue weighted by molar-refractivity contribution is -0.301. The van der Waals surface area contributed by atoms with Crippen molar-refractivity contribution >= 4 is 23.9 Å². The number of carboxylic acid groups (broad SMARTS) is 1. The van der Waals surface area contributed by atoms with Gasteiger partial charge in [-0.1, -0.05) is 30.3 Å². The van der Waals surface area contributed by atoms with Gasteiger partial charge in [-0.25, -0.2) is 0 Å². The van der Waals surface area contributed by atoms with Crippen molar-refractivity contribution < 1.29 is 14.3 Å². The van der Waals surface area contributed by atoms with Crippen LogP contribution in [-0.2, 0) is 4.79 Å². The number of aromatic nitrogens is 3. The Morgan fingerprint density at radius 3 is 2.85 bits per heavy atom. The highest BCUT2D eigenvalue weighted by molar-refractivity contribution is 7.99. The van der Waals surface area contributed by atoms with E-state index in [1.807, 2.05) is 13.1 Å². The van der Waals surface area contributed by atoms with E-state index in [-0.39, 0.29) is 5.75 Å². The summed E-state index contributed by atoms with van der Waals surface area (Å²) < 4.78 is 6.90. The minimum atomic E-state index is -1.16. The van der Waals surface area contributed by atoms with Gasteiger partial charge in [-0.3, -0.25) is 0 Å². The maximum Gasteiger partial charge on any atom is 0.212 e. The number of rotatable bonds is 10. The van der Waals surface area contributed by atoms with Crippen molar-refractivity contribution in [2.24, 2.45) is 11.0 Å². The van der Waals surface area contributed by atoms with Crippen LogP contribution in [0, 0.1) is 12.8 Å². The van der Waals surface area contributed by atoms with Crippen LogP contribution in [0.25, 0.3) is 11.4 Å². The van der Waals surface area contributed by atoms with Crippen LogP contribution in [0.2, 0.25) is 0 Å². The third kappa shape index (κ3) is 6.39. The van der Waals surface area contributed by atoms with E-state index in [1.165, 1.54) is 5.57 Å². The maximum absolute atomic E-state index is 10.8. The molecule has 0 aliphatic rings. The molecular formula is C19H25N4O3S-. The number of hydrogen-bond donors (Lipinski definition) is 0. The van der Waals surface area contributed by atoms with Gasteiger partial charge in [0, 0.05) is 12.0 Å². The number of nitrogens with zero attached hydrogens (tertiary/aromatic N) is 4. The van der Waals surface area contributed by atoms with Gasteiger partial charge in [-0.2, -0.15) is 9.78 Å². The molecule has 1 atom stereocenters. The topological polar surface area (TPSA) is 96.3 Å². The normalized spacial score (nSPS) is 12.4. The molecule has 0 aliphatic carbocycles. The molecule has 2 aromatic rings. The van der Waals surface area contributed by atoms with Gasteiger partial charge in [0.25, 0.3) is 0 Å². The Bertz CT molecular complexity index is 819. The first-order valence-electron chi connectivity index (χ1n) is 8.87. The van der Waals surface area contributed by atoms with Gasteiger partial charge < -0.3 is 14.3 Å². The number of carbonyl (C=O) groups is 1. The molecular weight excluding hydrogens is 364 g/mol. The molecule has 0 spiro atoms. The molecule has 0 bridgehead atoms. The molecule has 0 aromatic carbocycles. The molecule has 8 heteroatoms. The fourth-order valence-corrected chi connectivity index (χ4v) is 3.05. The molecule has 2 aromatic heterocycles. The summed E-state index contributed by atoms with van der Waals surface area (Å²) in [5.74, 6) is 0.338. The Labute approximate surface area is 163 Å². The average Bonchev–Trinajstić information content (AvgIpc) is 3.18.